The summed E-state index contributed by atoms with van der Waals surface area (Å²) in [6.45, 7) is 8.91. The molecule has 1 amide bonds. The van der Waals surface area contributed by atoms with Gasteiger partial charge in [0.1, 0.15) is 23.8 Å². The van der Waals surface area contributed by atoms with Crippen molar-refractivity contribution in [1.29, 1.82) is 0 Å². The summed E-state index contributed by atoms with van der Waals surface area (Å²) in [5, 5.41) is 2.64. The summed E-state index contributed by atoms with van der Waals surface area (Å²) in [5.41, 5.74) is 2.51. The molecule has 0 unspecified atom stereocenters. The first-order chi connectivity index (χ1) is 15.6. The van der Waals surface area contributed by atoms with E-state index in [9.17, 15) is 13.2 Å². The molecule has 33 heavy (non-hydrogen) atoms. The zero-order valence-corrected chi connectivity index (χ0v) is 19.9. The van der Waals surface area contributed by atoms with E-state index in [0.29, 0.717) is 37.7 Å². The third-order valence-electron chi connectivity index (χ3n) is 5.68. The van der Waals surface area contributed by atoms with Crippen molar-refractivity contribution in [3.05, 3.63) is 53.9 Å². The molecule has 174 valence electrons. The number of carbonyl (C=O) groups excluding carboxylic acids is 1. The number of hydrogen-bond donors (Lipinski definition) is 1. The topological polar surface area (TPSA) is 113 Å². The average Bonchev–Trinajstić information content (AvgIpc) is 3.12. The molecular weight excluding hydrogens is 442 g/mol. The largest absolute Gasteiger partial charge is 0.354 e. The number of nitrogens with one attached hydrogen (secondary N) is 1. The van der Waals surface area contributed by atoms with E-state index in [-0.39, 0.29) is 10.8 Å². The van der Waals surface area contributed by atoms with E-state index < -0.39 is 10.0 Å². The second-order valence-corrected chi connectivity index (χ2v) is 9.95. The molecule has 1 aliphatic rings. The summed E-state index contributed by atoms with van der Waals surface area (Å²) in [7, 11) is -3.63. The molecule has 0 radical (unpaired) electrons. The molecule has 1 aromatic carbocycles. The number of piperazine rings is 1. The van der Waals surface area contributed by atoms with Crippen molar-refractivity contribution in [3.8, 4) is 5.82 Å². The third-order valence-corrected chi connectivity index (χ3v) is 7.60. The quantitative estimate of drug-likeness (QED) is 0.608. The number of nitrogens with zero attached hydrogens (tertiary/aromatic N) is 6. The van der Waals surface area contributed by atoms with Gasteiger partial charge in [-0.3, -0.25) is 9.36 Å². The predicted octanol–water partition coefficient (Wildman–Crippen LogP) is 2.06. The van der Waals surface area contributed by atoms with Gasteiger partial charge in [0, 0.05) is 50.6 Å². The minimum absolute atomic E-state index is 0.205. The van der Waals surface area contributed by atoms with Crippen LogP contribution in [0.4, 0.5) is 11.5 Å². The van der Waals surface area contributed by atoms with Gasteiger partial charge in [-0.15, -0.1) is 0 Å². The number of benzene rings is 1. The number of hydrogen-bond acceptors (Lipinski definition) is 7. The summed E-state index contributed by atoms with van der Waals surface area (Å²) >= 11 is 0. The molecule has 0 spiro atoms. The number of aromatic nitrogens is 4. The summed E-state index contributed by atoms with van der Waals surface area (Å²) in [4.78, 5) is 26.9. The molecule has 1 aliphatic heterocycles. The van der Waals surface area contributed by atoms with E-state index >= 15 is 0 Å². The number of anilines is 2. The minimum Gasteiger partial charge on any atom is -0.354 e. The fraction of sp³-hybridized carbons (Fsp3) is 0.364. The minimum atomic E-state index is -3.63. The molecule has 1 N–H and O–H groups in total. The summed E-state index contributed by atoms with van der Waals surface area (Å²) < 4.78 is 29.6. The van der Waals surface area contributed by atoms with E-state index in [2.05, 4.69) is 25.2 Å². The average molecular weight is 470 g/mol. The Kier molecular flexibility index (Phi) is 6.17. The number of carbonyl (C=O) groups is 1. The summed E-state index contributed by atoms with van der Waals surface area (Å²) in [5.74, 6) is 1.94. The second kappa shape index (κ2) is 8.91. The van der Waals surface area contributed by atoms with Gasteiger partial charge < -0.3 is 10.2 Å². The molecule has 3 heterocycles. The molecule has 11 heteroatoms. The molecule has 0 atom stereocenters. The molecule has 4 rings (SSSR count). The Balaban J connectivity index is 1.48. The van der Waals surface area contributed by atoms with E-state index in [1.165, 1.54) is 23.4 Å². The van der Waals surface area contributed by atoms with Gasteiger partial charge in [-0.1, -0.05) is 0 Å². The highest BCUT2D eigenvalue weighted by atomic mass is 32.2. The maximum atomic E-state index is 13.1. The number of sulfonamides is 1. The number of imidazole rings is 1. The van der Waals surface area contributed by atoms with Crippen molar-refractivity contribution in [1.82, 2.24) is 23.8 Å². The van der Waals surface area contributed by atoms with Crippen molar-refractivity contribution in [2.24, 2.45) is 0 Å². The van der Waals surface area contributed by atoms with E-state index in [1.807, 2.05) is 31.4 Å². The van der Waals surface area contributed by atoms with Gasteiger partial charge in [-0.25, -0.2) is 23.4 Å². The Bertz CT molecular complexity index is 1280. The number of aryl methyl sites for hydroxylation is 2. The highest BCUT2D eigenvalue weighted by Gasteiger charge is 2.29. The Morgan fingerprint density at radius 3 is 2.18 bits per heavy atom. The highest BCUT2D eigenvalue weighted by molar-refractivity contribution is 7.89. The molecule has 2 aromatic heterocycles. The molecule has 0 bridgehead atoms. The molecule has 1 saturated heterocycles. The normalized spacial score (nSPS) is 15.0. The van der Waals surface area contributed by atoms with Gasteiger partial charge in [0.2, 0.25) is 15.9 Å². The van der Waals surface area contributed by atoms with Crippen LogP contribution in [0.5, 0.6) is 0 Å². The van der Waals surface area contributed by atoms with Crippen molar-refractivity contribution < 1.29 is 13.2 Å². The maximum Gasteiger partial charge on any atom is 0.243 e. The lowest BCUT2D eigenvalue weighted by Crippen LogP contribution is -2.49. The molecular formula is C22H27N7O3S. The molecule has 0 saturated carbocycles. The van der Waals surface area contributed by atoms with Crippen LogP contribution < -0.4 is 10.2 Å². The Morgan fingerprint density at radius 1 is 0.970 bits per heavy atom. The van der Waals surface area contributed by atoms with E-state index in [1.54, 1.807) is 18.5 Å². The van der Waals surface area contributed by atoms with Crippen molar-refractivity contribution in [2.75, 3.05) is 36.4 Å². The highest BCUT2D eigenvalue weighted by Crippen LogP contribution is 2.23. The van der Waals surface area contributed by atoms with Crippen LogP contribution in [0, 0.1) is 20.8 Å². The predicted molar refractivity (Wildman–Crippen MR) is 125 cm³/mol. The van der Waals surface area contributed by atoms with Crippen LogP contribution in [0.1, 0.15) is 24.1 Å². The monoisotopic (exact) mass is 469 g/mol. The van der Waals surface area contributed by atoms with Gasteiger partial charge in [0.25, 0.3) is 0 Å². The Hall–Kier alpha value is -3.31. The Morgan fingerprint density at radius 2 is 1.61 bits per heavy atom. The lowest BCUT2D eigenvalue weighted by molar-refractivity contribution is -0.114. The Labute approximate surface area is 193 Å². The smallest absolute Gasteiger partial charge is 0.243 e. The SMILES string of the molecule is CC(=O)Nc1ccc(S(=O)(=O)N2CCN(c3cc(-n4cnc(C)c4C)nc(C)n3)CC2)cc1. The standard InChI is InChI=1S/C22H27N7O3S/c1-15-16(2)29(14-23-15)22-13-21(24-17(3)25-22)27-9-11-28(12-10-27)33(31,32)20-7-5-19(6-8-20)26-18(4)30/h5-8,13-14H,9-12H2,1-4H3,(H,26,30). The van der Waals surface area contributed by atoms with Gasteiger partial charge in [-0.05, 0) is 45.0 Å². The number of amides is 1. The van der Waals surface area contributed by atoms with Gasteiger partial charge in [0.05, 0.1) is 10.6 Å². The van der Waals surface area contributed by atoms with Crippen LogP contribution in [0.2, 0.25) is 0 Å². The van der Waals surface area contributed by atoms with E-state index in [0.717, 1.165) is 23.0 Å². The lowest BCUT2D eigenvalue weighted by Gasteiger charge is -2.34. The van der Waals surface area contributed by atoms with Gasteiger partial charge in [0.15, 0.2) is 0 Å². The summed E-state index contributed by atoms with van der Waals surface area (Å²) in [6.07, 6.45) is 1.75. The molecule has 0 aliphatic carbocycles. The van der Waals surface area contributed by atoms with E-state index in [4.69, 9.17) is 0 Å². The van der Waals surface area contributed by atoms with Gasteiger partial charge >= 0.3 is 0 Å². The summed E-state index contributed by atoms with van der Waals surface area (Å²) in [6, 6.07) is 8.13. The first kappa shape index (κ1) is 22.9. The first-order valence-electron chi connectivity index (χ1n) is 10.6. The zero-order chi connectivity index (χ0) is 23.8. The second-order valence-electron chi connectivity index (χ2n) is 8.01. The van der Waals surface area contributed by atoms with Crippen LogP contribution in [0.15, 0.2) is 41.6 Å². The number of rotatable bonds is 5. The van der Waals surface area contributed by atoms with Crippen molar-refractivity contribution in [3.63, 3.8) is 0 Å². The van der Waals surface area contributed by atoms with Crippen LogP contribution in [-0.4, -0.2) is 64.3 Å². The zero-order valence-electron chi connectivity index (χ0n) is 19.1. The lowest BCUT2D eigenvalue weighted by atomic mass is 10.3. The van der Waals surface area contributed by atoms with Crippen LogP contribution in [0.3, 0.4) is 0 Å². The van der Waals surface area contributed by atoms with Crippen molar-refractivity contribution in [2.45, 2.75) is 32.6 Å². The molecule has 10 nitrogen and oxygen atoms in total. The molecule has 1 fully saturated rings. The van der Waals surface area contributed by atoms with Crippen LogP contribution >= 0.6 is 0 Å². The van der Waals surface area contributed by atoms with Crippen molar-refractivity contribution >= 4 is 27.4 Å². The van der Waals surface area contributed by atoms with Gasteiger partial charge in [-0.2, -0.15) is 4.31 Å². The third kappa shape index (κ3) is 4.74. The van der Waals surface area contributed by atoms with Crippen LogP contribution in [0.25, 0.3) is 5.82 Å². The van der Waals surface area contributed by atoms with Crippen LogP contribution in [-0.2, 0) is 14.8 Å². The molecule has 3 aromatic rings. The fourth-order valence-electron chi connectivity index (χ4n) is 3.77. The first-order valence-corrected chi connectivity index (χ1v) is 12.1. The maximum absolute atomic E-state index is 13.1. The fourth-order valence-corrected chi connectivity index (χ4v) is 5.19.